The first kappa shape index (κ1) is 18.1. The molecule has 2 aromatic carbocycles. The van der Waals surface area contributed by atoms with Crippen molar-refractivity contribution in [2.75, 3.05) is 6.54 Å². The second kappa shape index (κ2) is 8.15. The molecular formula is C21H25N3O2. The van der Waals surface area contributed by atoms with Crippen molar-refractivity contribution in [2.45, 2.75) is 38.9 Å². The number of carbonyl (C=O) groups excluding carboxylic acids is 2. The number of benzene rings is 2. The fraction of sp³-hybridized carbons (Fsp3) is 0.333. The van der Waals surface area contributed by atoms with Gasteiger partial charge >= 0.3 is 0 Å². The van der Waals surface area contributed by atoms with Crippen LogP contribution < -0.4 is 11.1 Å². The topological polar surface area (TPSA) is 75.4 Å². The number of aryl methyl sites for hydroxylation is 1. The number of nitrogens with two attached hydrogens (primary N) is 1. The second-order valence-corrected chi connectivity index (χ2v) is 6.80. The number of nitrogens with zero attached hydrogens (tertiary/aromatic N) is 1. The molecule has 0 saturated heterocycles. The van der Waals surface area contributed by atoms with Crippen molar-refractivity contribution in [3.8, 4) is 0 Å². The normalized spacial score (nSPS) is 14.0. The fourth-order valence-corrected chi connectivity index (χ4v) is 3.15. The third-order valence-electron chi connectivity index (χ3n) is 4.78. The molecule has 3 N–H and O–H groups in total. The molecule has 1 atom stereocenters. The summed E-state index contributed by atoms with van der Waals surface area (Å²) in [5, 5.41) is 2.82. The molecule has 0 spiro atoms. The molecule has 2 amide bonds. The Morgan fingerprint density at radius 2 is 1.69 bits per heavy atom. The zero-order valence-corrected chi connectivity index (χ0v) is 15.1. The highest BCUT2D eigenvalue weighted by atomic mass is 16.2. The summed E-state index contributed by atoms with van der Waals surface area (Å²) >= 11 is 0. The van der Waals surface area contributed by atoms with E-state index in [1.54, 1.807) is 0 Å². The van der Waals surface area contributed by atoms with Gasteiger partial charge in [-0.25, -0.2) is 0 Å². The number of carbonyl (C=O) groups is 2. The van der Waals surface area contributed by atoms with Gasteiger partial charge in [0, 0.05) is 26.1 Å². The predicted octanol–water partition coefficient (Wildman–Crippen LogP) is 2.43. The van der Waals surface area contributed by atoms with Gasteiger partial charge in [0.25, 0.3) is 0 Å². The average Bonchev–Trinajstić information content (AvgIpc) is 3.09. The maximum Gasteiger partial charge on any atom is 0.241 e. The van der Waals surface area contributed by atoms with Crippen molar-refractivity contribution in [3.05, 3.63) is 70.8 Å². The summed E-state index contributed by atoms with van der Waals surface area (Å²) in [7, 11) is 0. The highest BCUT2D eigenvalue weighted by molar-refractivity contribution is 5.83. The minimum Gasteiger partial charge on any atom is -0.354 e. The van der Waals surface area contributed by atoms with E-state index in [0.29, 0.717) is 32.5 Å². The minimum absolute atomic E-state index is 0.123. The summed E-state index contributed by atoms with van der Waals surface area (Å²) in [5.74, 6) is -0.0897. The third-order valence-corrected chi connectivity index (χ3v) is 4.78. The van der Waals surface area contributed by atoms with Crippen LogP contribution in [0.3, 0.4) is 0 Å². The zero-order valence-electron chi connectivity index (χ0n) is 15.1. The van der Waals surface area contributed by atoms with E-state index in [4.69, 9.17) is 5.73 Å². The molecule has 1 unspecified atom stereocenters. The third kappa shape index (κ3) is 4.29. The van der Waals surface area contributed by atoms with Crippen molar-refractivity contribution < 1.29 is 9.59 Å². The Balaban J connectivity index is 1.39. The van der Waals surface area contributed by atoms with Gasteiger partial charge in [-0.05, 0) is 30.0 Å². The lowest BCUT2D eigenvalue weighted by Gasteiger charge is -2.16. The van der Waals surface area contributed by atoms with Crippen molar-refractivity contribution in [2.24, 2.45) is 5.73 Å². The van der Waals surface area contributed by atoms with Crippen LogP contribution in [0.1, 0.15) is 41.1 Å². The molecule has 0 fully saturated rings. The van der Waals surface area contributed by atoms with E-state index in [9.17, 15) is 9.59 Å². The zero-order chi connectivity index (χ0) is 18.5. The highest BCUT2D eigenvalue weighted by Gasteiger charge is 2.22. The molecule has 1 heterocycles. The van der Waals surface area contributed by atoms with Gasteiger partial charge in [-0.2, -0.15) is 0 Å². The summed E-state index contributed by atoms with van der Waals surface area (Å²) in [6.45, 7) is 3.80. The van der Waals surface area contributed by atoms with Crippen LogP contribution >= 0.6 is 0 Å². The average molecular weight is 351 g/mol. The van der Waals surface area contributed by atoms with Gasteiger partial charge in [-0.1, -0.05) is 54.1 Å². The summed E-state index contributed by atoms with van der Waals surface area (Å²) in [6.07, 6.45) is 1.03. The van der Waals surface area contributed by atoms with E-state index < -0.39 is 6.04 Å². The molecule has 0 bridgehead atoms. The van der Waals surface area contributed by atoms with Crippen LogP contribution in [-0.4, -0.2) is 23.3 Å². The van der Waals surface area contributed by atoms with Gasteiger partial charge in [0.15, 0.2) is 0 Å². The van der Waals surface area contributed by atoms with Crippen LogP contribution in [0.4, 0.5) is 0 Å². The van der Waals surface area contributed by atoms with E-state index >= 15 is 0 Å². The number of hydrogen-bond donors (Lipinski definition) is 2. The summed E-state index contributed by atoms with van der Waals surface area (Å²) in [4.78, 5) is 26.3. The van der Waals surface area contributed by atoms with Gasteiger partial charge in [0.1, 0.15) is 6.04 Å². The largest absolute Gasteiger partial charge is 0.354 e. The lowest BCUT2D eigenvalue weighted by molar-refractivity contribution is -0.132. The standard InChI is InChI=1S/C21H25N3O2/c1-15-8-10-16(11-9-15)20(22)21(26)23-12-4-7-19(25)24-13-17-5-2-3-6-18(17)14-24/h2-3,5-6,8-11,20H,4,7,12-14,22H2,1H3,(H,23,26). The molecule has 0 saturated carbocycles. The maximum atomic E-state index is 12.3. The molecule has 3 rings (SSSR count). The van der Waals surface area contributed by atoms with E-state index in [2.05, 4.69) is 17.4 Å². The molecule has 1 aliphatic heterocycles. The van der Waals surface area contributed by atoms with Crippen LogP contribution in [0.2, 0.25) is 0 Å². The Bertz CT molecular complexity index is 761. The molecule has 0 aliphatic carbocycles. The van der Waals surface area contributed by atoms with Gasteiger partial charge in [0.05, 0.1) is 0 Å². The molecule has 2 aromatic rings. The molecule has 1 aliphatic rings. The molecule has 136 valence electrons. The Hall–Kier alpha value is -2.66. The van der Waals surface area contributed by atoms with Crippen LogP contribution in [0.5, 0.6) is 0 Å². The van der Waals surface area contributed by atoms with Crippen molar-refractivity contribution in [1.82, 2.24) is 10.2 Å². The van der Waals surface area contributed by atoms with Crippen LogP contribution in [0.15, 0.2) is 48.5 Å². The van der Waals surface area contributed by atoms with Crippen LogP contribution in [0.25, 0.3) is 0 Å². The minimum atomic E-state index is -0.681. The first-order chi connectivity index (χ1) is 12.5. The van der Waals surface area contributed by atoms with Gasteiger partial charge in [-0.3, -0.25) is 9.59 Å². The monoisotopic (exact) mass is 351 g/mol. The van der Waals surface area contributed by atoms with Crippen molar-refractivity contribution in [3.63, 3.8) is 0 Å². The number of nitrogens with one attached hydrogen (secondary N) is 1. The first-order valence-corrected chi connectivity index (χ1v) is 8.99. The van der Waals surface area contributed by atoms with Crippen molar-refractivity contribution in [1.29, 1.82) is 0 Å². The van der Waals surface area contributed by atoms with E-state index in [1.807, 2.05) is 48.2 Å². The van der Waals surface area contributed by atoms with Gasteiger partial charge < -0.3 is 16.0 Å². The molecule has 5 heteroatoms. The Morgan fingerprint density at radius 3 is 2.31 bits per heavy atom. The van der Waals surface area contributed by atoms with Crippen LogP contribution in [-0.2, 0) is 22.7 Å². The van der Waals surface area contributed by atoms with Gasteiger partial charge in [0.2, 0.25) is 11.8 Å². The van der Waals surface area contributed by atoms with E-state index in [1.165, 1.54) is 11.1 Å². The first-order valence-electron chi connectivity index (χ1n) is 8.99. The number of amides is 2. The SMILES string of the molecule is Cc1ccc(C(N)C(=O)NCCCC(=O)N2Cc3ccccc3C2)cc1. The second-order valence-electron chi connectivity index (χ2n) is 6.80. The maximum absolute atomic E-state index is 12.3. The molecule has 0 radical (unpaired) electrons. The van der Waals surface area contributed by atoms with Gasteiger partial charge in [-0.15, -0.1) is 0 Å². The van der Waals surface area contributed by atoms with E-state index in [0.717, 1.165) is 11.1 Å². The quantitative estimate of drug-likeness (QED) is 0.785. The Kier molecular flexibility index (Phi) is 5.68. The number of rotatable bonds is 6. The van der Waals surface area contributed by atoms with Crippen LogP contribution in [0, 0.1) is 6.92 Å². The molecule has 26 heavy (non-hydrogen) atoms. The molecule has 0 aromatic heterocycles. The molecule has 5 nitrogen and oxygen atoms in total. The van der Waals surface area contributed by atoms with E-state index in [-0.39, 0.29) is 11.8 Å². The number of hydrogen-bond acceptors (Lipinski definition) is 3. The highest BCUT2D eigenvalue weighted by Crippen LogP contribution is 2.22. The lowest BCUT2D eigenvalue weighted by Crippen LogP contribution is -2.35. The smallest absolute Gasteiger partial charge is 0.241 e. The number of fused-ring (bicyclic) bond motifs is 1. The summed E-state index contributed by atoms with van der Waals surface area (Å²) < 4.78 is 0. The summed E-state index contributed by atoms with van der Waals surface area (Å²) in [6, 6.07) is 15.1. The summed E-state index contributed by atoms with van der Waals surface area (Å²) in [5.41, 5.74) is 10.4. The molecular weight excluding hydrogens is 326 g/mol. The lowest BCUT2D eigenvalue weighted by atomic mass is 10.1. The van der Waals surface area contributed by atoms with Crippen molar-refractivity contribution >= 4 is 11.8 Å². The Labute approximate surface area is 154 Å². The fourth-order valence-electron chi connectivity index (χ4n) is 3.15. The predicted molar refractivity (Wildman–Crippen MR) is 101 cm³/mol. The Morgan fingerprint density at radius 1 is 1.08 bits per heavy atom.